The minimum atomic E-state index is -3.58. The fraction of sp³-hybridized carbons (Fsp3) is 0.400. The number of nitrogens with zero attached hydrogens (tertiary/aromatic N) is 2. The Kier molecular flexibility index (Phi) is 4.89. The van der Waals surface area contributed by atoms with Gasteiger partial charge in [-0.2, -0.15) is 0 Å². The van der Waals surface area contributed by atoms with E-state index < -0.39 is 10.0 Å². The van der Waals surface area contributed by atoms with Crippen molar-refractivity contribution in [3.05, 3.63) is 39.8 Å². The van der Waals surface area contributed by atoms with Crippen molar-refractivity contribution in [3.8, 4) is 0 Å². The fourth-order valence-electron chi connectivity index (χ4n) is 2.18. The molecule has 0 aliphatic carbocycles. The first-order valence-electron chi connectivity index (χ1n) is 6.93. The van der Waals surface area contributed by atoms with Gasteiger partial charge < -0.3 is 4.90 Å². The zero-order valence-electron chi connectivity index (χ0n) is 13.4. The number of anilines is 1. The number of hydrogen-bond donors (Lipinski definition) is 1. The maximum atomic E-state index is 12.6. The van der Waals surface area contributed by atoms with Crippen molar-refractivity contribution in [2.45, 2.75) is 31.7 Å². The van der Waals surface area contributed by atoms with E-state index in [-0.39, 0.29) is 10.9 Å². The summed E-state index contributed by atoms with van der Waals surface area (Å²) >= 11 is 1.51. The molecule has 1 heterocycles. The van der Waals surface area contributed by atoms with E-state index in [0.717, 1.165) is 22.0 Å². The van der Waals surface area contributed by atoms with Crippen LogP contribution in [0, 0.1) is 13.8 Å². The molecule has 0 saturated heterocycles. The second-order valence-corrected chi connectivity index (χ2v) is 8.25. The first-order valence-corrected chi connectivity index (χ1v) is 9.29. The lowest BCUT2D eigenvalue weighted by Gasteiger charge is -2.18. The lowest BCUT2D eigenvalue weighted by atomic mass is 10.2. The molecule has 7 heteroatoms. The molecule has 0 spiro atoms. The van der Waals surface area contributed by atoms with Crippen LogP contribution < -0.4 is 9.62 Å². The Morgan fingerprint density at radius 3 is 2.50 bits per heavy atom. The first kappa shape index (κ1) is 16.9. The predicted octanol–water partition coefficient (Wildman–Crippen LogP) is 2.87. The van der Waals surface area contributed by atoms with Crippen LogP contribution in [0.4, 0.5) is 5.69 Å². The highest BCUT2D eigenvalue weighted by Gasteiger charge is 2.20. The highest BCUT2D eigenvalue weighted by atomic mass is 32.2. The van der Waals surface area contributed by atoms with E-state index in [1.165, 1.54) is 11.3 Å². The second kappa shape index (κ2) is 6.36. The average molecular weight is 339 g/mol. The Balaban J connectivity index is 2.29. The zero-order chi connectivity index (χ0) is 16.5. The van der Waals surface area contributed by atoms with Crippen LogP contribution in [0.1, 0.15) is 29.2 Å². The average Bonchev–Trinajstić information content (AvgIpc) is 2.85. The molecule has 0 bridgehead atoms. The number of nitrogens with one attached hydrogen (secondary N) is 1. The van der Waals surface area contributed by atoms with Gasteiger partial charge in [0.05, 0.1) is 21.6 Å². The van der Waals surface area contributed by atoms with E-state index in [1.54, 1.807) is 19.1 Å². The Hall–Kier alpha value is -1.44. The SMILES string of the molecule is Cc1nc([C@H](C)NS(=O)(=O)c2ccc(C)c(N(C)C)c2)cs1. The largest absolute Gasteiger partial charge is 0.377 e. The fourth-order valence-corrected chi connectivity index (χ4v) is 4.12. The van der Waals surface area contributed by atoms with E-state index in [9.17, 15) is 8.42 Å². The van der Waals surface area contributed by atoms with E-state index in [0.29, 0.717) is 0 Å². The van der Waals surface area contributed by atoms with Gasteiger partial charge in [0.2, 0.25) is 10.0 Å². The smallest absolute Gasteiger partial charge is 0.241 e. The van der Waals surface area contributed by atoms with Gasteiger partial charge in [-0.05, 0) is 38.5 Å². The summed E-state index contributed by atoms with van der Waals surface area (Å²) in [4.78, 5) is 6.50. The molecule has 1 aromatic heterocycles. The van der Waals surface area contributed by atoms with Crippen molar-refractivity contribution >= 4 is 27.0 Å². The van der Waals surface area contributed by atoms with Crippen LogP contribution in [0.2, 0.25) is 0 Å². The van der Waals surface area contributed by atoms with Crippen LogP contribution in [-0.4, -0.2) is 27.5 Å². The molecule has 2 aromatic rings. The van der Waals surface area contributed by atoms with E-state index in [4.69, 9.17) is 0 Å². The van der Waals surface area contributed by atoms with Gasteiger partial charge in [-0.1, -0.05) is 6.07 Å². The standard InChI is InChI=1S/C15H21N3O2S2/c1-10-6-7-13(8-15(10)18(4)5)22(19,20)17-11(2)14-9-21-12(3)16-14/h6-9,11,17H,1-5H3/t11-/m0/s1. The Morgan fingerprint density at radius 1 is 1.27 bits per heavy atom. The lowest BCUT2D eigenvalue weighted by molar-refractivity contribution is 0.564. The van der Waals surface area contributed by atoms with Crippen molar-refractivity contribution < 1.29 is 8.42 Å². The summed E-state index contributed by atoms with van der Waals surface area (Å²) in [6.07, 6.45) is 0. The molecule has 22 heavy (non-hydrogen) atoms. The summed E-state index contributed by atoms with van der Waals surface area (Å²) < 4.78 is 27.8. The zero-order valence-corrected chi connectivity index (χ0v) is 15.0. The minimum absolute atomic E-state index is 0.264. The number of sulfonamides is 1. The monoisotopic (exact) mass is 339 g/mol. The van der Waals surface area contributed by atoms with Crippen LogP contribution >= 0.6 is 11.3 Å². The van der Waals surface area contributed by atoms with Gasteiger partial charge in [0.15, 0.2) is 0 Å². The van der Waals surface area contributed by atoms with Gasteiger partial charge >= 0.3 is 0 Å². The number of benzene rings is 1. The first-order chi connectivity index (χ1) is 10.2. The number of thiazole rings is 1. The molecule has 0 amide bonds. The van der Waals surface area contributed by atoms with E-state index in [1.807, 2.05) is 44.3 Å². The van der Waals surface area contributed by atoms with Gasteiger partial charge in [0.1, 0.15) is 0 Å². The molecule has 1 atom stereocenters. The number of aryl methyl sites for hydroxylation is 2. The molecule has 0 unspecified atom stereocenters. The van der Waals surface area contributed by atoms with Crippen LogP contribution in [0.25, 0.3) is 0 Å². The maximum Gasteiger partial charge on any atom is 0.241 e. The predicted molar refractivity (Wildman–Crippen MR) is 91.1 cm³/mol. The van der Waals surface area contributed by atoms with Gasteiger partial charge in [-0.25, -0.2) is 18.1 Å². The number of hydrogen-bond acceptors (Lipinski definition) is 5. The molecule has 0 aliphatic rings. The summed E-state index contributed by atoms with van der Waals surface area (Å²) in [6, 6.07) is 4.78. The van der Waals surface area contributed by atoms with Gasteiger partial charge in [0.25, 0.3) is 0 Å². The third-order valence-corrected chi connectivity index (χ3v) is 5.72. The van der Waals surface area contributed by atoms with Gasteiger partial charge in [-0.3, -0.25) is 0 Å². The Bertz CT molecular complexity index is 767. The molecule has 0 radical (unpaired) electrons. The summed E-state index contributed by atoms with van der Waals surface area (Å²) in [7, 11) is 0.208. The second-order valence-electron chi connectivity index (χ2n) is 5.48. The molecular formula is C15H21N3O2S2. The number of rotatable bonds is 5. The Labute approximate surface area is 136 Å². The topological polar surface area (TPSA) is 62.3 Å². The van der Waals surface area contributed by atoms with Crippen molar-refractivity contribution in [1.82, 2.24) is 9.71 Å². The number of aromatic nitrogens is 1. The molecule has 0 fully saturated rings. The summed E-state index contributed by atoms with van der Waals surface area (Å²) in [6.45, 7) is 5.66. The van der Waals surface area contributed by atoms with E-state index in [2.05, 4.69) is 9.71 Å². The highest BCUT2D eigenvalue weighted by Crippen LogP contribution is 2.24. The van der Waals surface area contributed by atoms with Crippen molar-refractivity contribution in [2.24, 2.45) is 0 Å². The minimum Gasteiger partial charge on any atom is -0.377 e. The molecule has 5 nitrogen and oxygen atoms in total. The lowest BCUT2D eigenvalue weighted by Crippen LogP contribution is -2.27. The third-order valence-electron chi connectivity index (χ3n) is 3.39. The molecule has 1 N–H and O–H groups in total. The van der Waals surface area contributed by atoms with Crippen LogP contribution in [-0.2, 0) is 10.0 Å². The molecule has 0 aliphatic heterocycles. The third kappa shape index (κ3) is 3.66. The van der Waals surface area contributed by atoms with Crippen LogP contribution in [0.3, 0.4) is 0 Å². The van der Waals surface area contributed by atoms with Crippen molar-refractivity contribution in [3.63, 3.8) is 0 Å². The van der Waals surface area contributed by atoms with Crippen LogP contribution in [0.5, 0.6) is 0 Å². The summed E-state index contributed by atoms with van der Waals surface area (Å²) in [5.74, 6) is 0. The van der Waals surface area contributed by atoms with Crippen molar-refractivity contribution in [1.29, 1.82) is 0 Å². The van der Waals surface area contributed by atoms with Gasteiger partial charge in [-0.15, -0.1) is 11.3 Å². The van der Waals surface area contributed by atoms with Crippen LogP contribution in [0.15, 0.2) is 28.5 Å². The summed E-state index contributed by atoms with van der Waals surface area (Å²) in [5.41, 5.74) is 2.66. The normalized spacial score (nSPS) is 13.1. The quantitative estimate of drug-likeness (QED) is 0.910. The maximum absolute atomic E-state index is 12.6. The highest BCUT2D eigenvalue weighted by molar-refractivity contribution is 7.89. The molecular weight excluding hydrogens is 318 g/mol. The van der Waals surface area contributed by atoms with Gasteiger partial charge in [0, 0.05) is 25.2 Å². The molecule has 120 valence electrons. The summed E-state index contributed by atoms with van der Waals surface area (Å²) in [5, 5.41) is 2.80. The van der Waals surface area contributed by atoms with Crippen molar-refractivity contribution in [2.75, 3.05) is 19.0 Å². The Morgan fingerprint density at radius 2 is 1.95 bits per heavy atom. The molecule has 2 rings (SSSR count). The molecule has 1 aromatic carbocycles. The van der Waals surface area contributed by atoms with E-state index >= 15 is 0 Å². The molecule has 0 saturated carbocycles.